The Kier molecular flexibility index (Phi) is 4.83. The minimum atomic E-state index is 0.0831. The highest BCUT2D eigenvalue weighted by atomic mass is 16.4. The first-order chi connectivity index (χ1) is 10.0. The van der Waals surface area contributed by atoms with Gasteiger partial charge < -0.3 is 15.8 Å². The average molecular weight is 289 g/mol. The van der Waals surface area contributed by atoms with Gasteiger partial charge in [-0.05, 0) is 37.8 Å². The summed E-state index contributed by atoms with van der Waals surface area (Å²) in [7, 11) is 0. The summed E-state index contributed by atoms with van der Waals surface area (Å²) >= 11 is 0. The van der Waals surface area contributed by atoms with E-state index in [9.17, 15) is 4.79 Å². The lowest BCUT2D eigenvalue weighted by Crippen LogP contribution is -2.42. The van der Waals surface area contributed by atoms with E-state index >= 15 is 0 Å². The van der Waals surface area contributed by atoms with E-state index in [1.807, 2.05) is 18.7 Å². The molecule has 0 unspecified atom stereocenters. The number of hydrogen-bond donors (Lipinski definition) is 2. The summed E-state index contributed by atoms with van der Waals surface area (Å²) in [5.74, 6) is 0.512. The Morgan fingerprint density at radius 2 is 2.05 bits per heavy atom. The number of aryl methyl sites for hydroxylation is 2. The summed E-state index contributed by atoms with van der Waals surface area (Å²) in [5, 5.41) is 11.8. The normalized spacial score (nSPS) is 17.0. The molecule has 2 rings (SSSR count). The number of nitrogens with zero attached hydrogens (tertiary/aromatic N) is 2. The number of amidine groups is 1. The zero-order valence-corrected chi connectivity index (χ0v) is 12.7. The second-order valence-corrected chi connectivity index (χ2v) is 5.79. The number of benzene rings is 1. The van der Waals surface area contributed by atoms with Crippen molar-refractivity contribution in [1.29, 1.82) is 0 Å². The van der Waals surface area contributed by atoms with Crippen LogP contribution in [0.15, 0.2) is 23.4 Å². The van der Waals surface area contributed by atoms with Gasteiger partial charge in [-0.2, -0.15) is 0 Å². The third-order valence-electron chi connectivity index (χ3n) is 4.23. The fourth-order valence-electron chi connectivity index (χ4n) is 2.77. The highest BCUT2D eigenvalue weighted by Crippen LogP contribution is 2.19. The van der Waals surface area contributed by atoms with Gasteiger partial charge in [-0.3, -0.25) is 4.79 Å². The van der Waals surface area contributed by atoms with Crippen LogP contribution >= 0.6 is 0 Å². The van der Waals surface area contributed by atoms with Crippen molar-refractivity contribution in [2.45, 2.75) is 33.1 Å². The van der Waals surface area contributed by atoms with Crippen LogP contribution in [-0.2, 0) is 11.2 Å². The third-order valence-corrected chi connectivity index (χ3v) is 4.23. The zero-order valence-electron chi connectivity index (χ0n) is 12.7. The van der Waals surface area contributed by atoms with Crippen molar-refractivity contribution >= 4 is 11.7 Å². The SMILES string of the molecule is Cc1ccc(C)c(CC(=O)N2CCC(C(N)=NO)CC2)c1. The number of amides is 1. The summed E-state index contributed by atoms with van der Waals surface area (Å²) in [6.45, 7) is 5.41. The molecule has 1 fully saturated rings. The number of oxime groups is 1. The first kappa shape index (κ1) is 15.4. The molecule has 3 N–H and O–H groups in total. The molecule has 1 heterocycles. The van der Waals surface area contributed by atoms with Crippen LogP contribution in [0.1, 0.15) is 29.5 Å². The molecule has 0 aliphatic carbocycles. The molecule has 114 valence electrons. The fraction of sp³-hybridized carbons (Fsp3) is 0.500. The monoisotopic (exact) mass is 289 g/mol. The van der Waals surface area contributed by atoms with Crippen molar-refractivity contribution < 1.29 is 10.0 Å². The fourth-order valence-corrected chi connectivity index (χ4v) is 2.77. The van der Waals surface area contributed by atoms with Gasteiger partial charge in [0, 0.05) is 19.0 Å². The molecule has 21 heavy (non-hydrogen) atoms. The minimum Gasteiger partial charge on any atom is -0.409 e. The number of carbonyl (C=O) groups excluding carboxylic acids is 1. The van der Waals surface area contributed by atoms with Gasteiger partial charge in [0.05, 0.1) is 6.42 Å². The standard InChI is InChI=1S/C16H23N3O2/c1-11-3-4-12(2)14(9-11)10-15(20)19-7-5-13(6-8-19)16(17)18-21/h3-4,9,13,21H,5-8,10H2,1-2H3,(H2,17,18). The highest BCUT2D eigenvalue weighted by molar-refractivity contribution is 5.83. The smallest absolute Gasteiger partial charge is 0.227 e. The number of piperidine rings is 1. The molecule has 5 heteroatoms. The zero-order chi connectivity index (χ0) is 15.4. The molecule has 0 aromatic heterocycles. The molecule has 0 spiro atoms. The summed E-state index contributed by atoms with van der Waals surface area (Å²) in [6.07, 6.45) is 1.96. The quantitative estimate of drug-likeness (QED) is 0.385. The van der Waals surface area contributed by atoms with Crippen LogP contribution in [0.3, 0.4) is 0 Å². The summed E-state index contributed by atoms with van der Waals surface area (Å²) < 4.78 is 0. The summed E-state index contributed by atoms with van der Waals surface area (Å²) in [5.41, 5.74) is 9.05. The van der Waals surface area contributed by atoms with Crippen LogP contribution in [0.25, 0.3) is 0 Å². The molecule has 1 aliphatic heterocycles. The van der Waals surface area contributed by atoms with Crippen LogP contribution in [0, 0.1) is 19.8 Å². The lowest BCUT2D eigenvalue weighted by atomic mass is 9.95. The second kappa shape index (κ2) is 6.61. The average Bonchev–Trinajstić information content (AvgIpc) is 2.50. The van der Waals surface area contributed by atoms with Gasteiger partial charge in [0.1, 0.15) is 5.84 Å². The molecule has 0 atom stereocenters. The minimum absolute atomic E-state index is 0.0831. The number of carbonyl (C=O) groups is 1. The van der Waals surface area contributed by atoms with E-state index in [2.05, 4.69) is 23.4 Å². The van der Waals surface area contributed by atoms with Crippen molar-refractivity contribution in [3.8, 4) is 0 Å². The van der Waals surface area contributed by atoms with Gasteiger partial charge >= 0.3 is 0 Å². The van der Waals surface area contributed by atoms with Crippen LogP contribution < -0.4 is 5.73 Å². The molecule has 0 bridgehead atoms. The Hall–Kier alpha value is -2.04. The Balaban J connectivity index is 1.95. The van der Waals surface area contributed by atoms with Crippen molar-refractivity contribution in [2.75, 3.05) is 13.1 Å². The molecular formula is C16H23N3O2. The molecule has 1 aromatic rings. The van der Waals surface area contributed by atoms with Gasteiger partial charge in [0.2, 0.25) is 5.91 Å². The van der Waals surface area contributed by atoms with E-state index in [4.69, 9.17) is 10.9 Å². The first-order valence-electron chi connectivity index (χ1n) is 7.32. The van der Waals surface area contributed by atoms with Crippen molar-refractivity contribution in [3.63, 3.8) is 0 Å². The molecule has 0 saturated carbocycles. The highest BCUT2D eigenvalue weighted by Gasteiger charge is 2.25. The maximum atomic E-state index is 12.4. The van der Waals surface area contributed by atoms with Crippen LogP contribution in [0.5, 0.6) is 0 Å². The Labute approximate surface area is 125 Å². The summed E-state index contributed by atoms with van der Waals surface area (Å²) in [6, 6.07) is 6.20. The molecule has 0 radical (unpaired) electrons. The number of rotatable bonds is 3. The predicted octanol–water partition coefficient (Wildman–Crippen LogP) is 1.83. The number of hydrogen-bond acceptors (Lipinski definition) is 3. The topological polar surface area (TPSA) is 78.9 Å². The largest absolute Gasteiger partial charge is 0.409 e. The van der Waals surface area contributed by atoms with E-state index in [0.29, 0.717) is 19.5 Å². The van der Waals surface area contributed by atoms with E-state index < -0.39 is 0 Å². The second-order valence-electron chi connectivity index (χ2n) is 5.79. The van der Waals surface area contributed by atoms with Gasteiger partial charge in [-0.25, -0.2) is 0 Å². The maximum absolute atomic E-state index is 12.4. The van der Waals surface area contributed by atoms with Gasteiger partial charge in [-0.15, -0.1) is 0 Å². The molecule has 1 aliphatic rings. The van der Waals surface area contributed by atoms with Crippen molar-refractivity contribution in [2.24, 2.45) is 16.8 Å². The molecule has 1 saturated heterocycles. The Morgan fingerprint density at radius 1 is 1.38 bits per heavy atom. The van der Waals surface area contributed by atoms with Gasteiger partial charge in [-0.1, -0.05) is 28.9 Å². The third kappa shape index (κ3) is 3.74. The first-order valence-corrected chi connectivity index (χ1v) is 7.32. The van der Waals surface area contributed by atoms with Gasteiger partial charge in [0.25, 0.3) is 0 Å². The predicted molar refractivity (Wildman–Crippen MR) is 82.3 cm³/mol. The van der Waals surface area contributed by atoms with Gasteiger partial charge in [0.15, 0.2) is 0 Å². The van der Waals surface area contributed by atoms with Crippen LogP contribution in [0.2, 0.25) is 0 Å². The lowest BCUT2D eigenvalue weighted by Gasteiger charge is -2.31. The number of likely N-dealkylation sites (tertiary alicyclic amines) is 1. The van der Waals surface area contributed by atoms with E-state index in [1.54, 1.807) is 0 Å². The van der Waals surface area contributed by atoms with E-state index in [1.165, 1.54) is 5.56 Å². The van der Waals surface area contributed by atoms with E-state index in [-0.39, 0.29) is 17.7 Å². The maximum Gasteiger partial charge on any atom is 0.227 e. The number of nitrogens with two attached hydrogens (primary N) is 1. The summed E-state index contributed by atoms with van der Waals surface area (Å²) in [4.78, 5) is 14.3. The Bertz CT molecular complexity index is 546. The van der Waals surface area contributed by atoms with Crippen molar-refractivity contribution in [1.82, 2.24) is 4.90 Å². The van der Waals surface area contributed by atoms with E-state index in [0.717, 1.165) is 24.0 Å². The molecule has 1 amide bonds. The van der Waals surface area contributed by atoms with Crippen LogP contribution in [0.4, 0.5) is 0 Å². The molecule has 1 aromatic carbocycles. The van der Waals surface area contributed by atoms with Crippen molar-refractivity contribution in [3.05, 3.63) is 34.9 Å². The lowest BCUT2D eigenvalue weighted by molar-refractivity contribution is -0.131. The Morgan fingerprint density at radius 3 is 2.67 bits per heavy atom. The molecular weight excluding hydrogens is 266 g/mol. The molecule has 5 nitrogen and oxygen atoms in total. The van der Waals surface area contributed by atoms with Crippen LogP contribution in [-0.4, -0.2) is 34.9 Å².